The maximum absolute atomic E-state index is 10.9. The molecule has 0 unspecified atom stereocenters. The van der Waals surface area contributed by atoms with E-state index in [0.717, 1.165) is 25.0 Å². The Kier molecular flexibility index (Phi) is 6.88. The van der Waals surface area contributed by atoms with E-state index in [-0.39, 0.29) is 5.97 Å². The molecule has 0 saturated heterocycles. The van der Waals surface area contributed by atoms with Gasteiger partial charge in [0, 0.05) is 6.42 Å². The molecule has 0 radical (unpaired) electrons. The van der Waals surface area contributed by atoms with Crippen molar-refractivity contribution >= 4 is 5.97 Å². The van der Waals surface area contributed by atoms with Crippen molar-refractivity contribution in [2.24, 2.45) is 0 Å². The number of rotatable bonds is 8. The monoisotopic (exact) mass is 263 g/mol. The van der Waals surface area contributed by atoms with Crippen molar-refractivity contribution in [2.75, 3.05) is 13.7 Å². The van der Waals surface area contributed by atoms with Crippen molar-refractivity contribution in [1.82, 2.24) is 0 Å². The molecule has 19 heavy (non-hydrogen) atoms. The minimum Gasteiger partial charge on any atom is -0.494 e. The van der Waals surface area contributed by atoms with E-state index in [1.165, 1.54) is 7.11 Å². The van der Waals surface area contributed by atoms with E-state index in [0.29, 0.717) is 18.8 Å². The topological polar surface area (TPSA) is 68.6 Å². The van der Waals surface area contributed by atoms with E-state index >= 15 is 0 Å². The van der Waals surface area contributed by atoms with Crippen LogP contribution in [0.3, 0.4) is 0 Å². The first kappa shape index (κ1) is 14.8. The number of esters is 1. The number of methoxy groups -OCH3 is 1. The Morgan fingerprint density at radius 3 is 2.47 bits per heavy atom. The lowest BCUT2D eigenvalue weighted by Gasteiger charge is -2.06. The van der Waals surface area contributed by atoms with Crippen molar-refractivity contribution in [2.45, 2.75) is 25.7 Å². The van der Waals surface area contributed by atoms with Gasteiger partial charge >= 0.3 is 5.97 Å². The number of carbonyl (C=O) groups excluding carboxylic acids is 1. The highest BCUT2D eigenvalue weighted by molar-refractivity contribution is 5.68. The van der Waals surface area contributed by atoms with Gasteiger partial charge in [0.05, 0.1) is 13.7 Å². The van der Waals surface area contributed by atoms with Crippen molar-refractivity contribution in [3.63, 3.8) is 0 Å². The van der Waals surface area contributed by atoms with Gasteiger partial charge in [-0.1, -0.05) is 0 Å². The van der Waals surface area contributed by atoms with Crippen LogP contribution in [0.4, 0.5) is 0 Å². The molecule has 0 fully saturated rings. The molecular weight excluding hydrogens is 246 g/mol. The zero-order valence-corrected chi connectivity index (χ0v) is 10.9. The Morgan fingerprint density at radius 2 is 1.84 bits per heavy atom. The van der Waals surface area contributed by atoms with Crippen LogP contribution in [-0.4, -0.2) is 19.7 Å². The lowest BCUT2D eigenvalue weighted by Crippen LogP contribution is -2.01. The van der Waals surface area contributed by atoms with Crippen LogP contribution < -0.4 is 9.47 Å². The van der Waals surface area contributed by atoms with Gasteiger partial charge in [-0.05, 0) is 43.5 Å². The fraction of sp³-hybridized carbons (Fsp3) is 0.429. The molecule has 0 aromatic heterocycles. The molecule has 5 heteroatoms. The van der Waals surface area contributed by atoms with Crippen LogP contribution in [-0.2, 0) is 9.53 Å². The maximum Gasteiger partial charge on any atom is 0.305 e. The van der Waals surface area contributed by atoms with Gasteiger partial charge in [-0.15, -0.1) is 5.26 Å². The van der Waals surface area contributed by atoms with Crippen LogP contribution in [0.25, 0.3) is 0 Å². The first-order valence-electron chi connectivity index (χ1n) is 6.12. The summed E-state index contributed by atoms with van der Waals surface area (Å²) in [6.07, 6.45) is 4.67. The summed E-state index contributed by atoms with van der Waals surface area (Å²) in [5.41, 5.74) is 0. The SMILES string of the molecule is COC(=O)CCCCCOc1ccc(OC#N)cc1. The molecule has 0 bridgehead atoms. The summed E-state index contributed by atoms with van der Waals surface area (Å²) < 4.78 is 14.7. The summed E-state index contributed by atoms with van der Waals surface area (Å²) in [7, 11) is 1.39. The van der Waals surface area contributed by atoms with Gasteiger partial charge in [-0.2, -0.15) is 0 Å². The van der Waals surface area contributed by atoms with Gasteiger partial charge in [0.2, 0.25) is 0 Å². The quantitative estimate of drug-likeness (QED) is 0.409. The summed E-state index contributed by atoms with van der Waals surface area (Å²) in [6.45, 7) is 0.597. The summed E-state index contributed by atoms with van der Waals surface area (Å²) in [5, 5.41) is 8.33. The first-order valence-corrected chi connectivity index (χ1v) is 6.12. The fourth-order valence-electron chi connectivity index (χ4n) is 1.50. The van der Waals surface area contributed by atoms with Crippen molar-refractivity contribution in [3.8, 4) is 17.8 Å². The smallest absolute Gasteiger partial charge is 0.305 e. The molecule has 0 amide bonds. The number of nitrogens with zero attached hydrogens (tertiary/aromatic N) is 1. The summed E-state index contributed by atoms with van der Waals surface area (Å²) in [6, 6.07) is 6.86. The van der Waals surface area contributed by atoms with Crippen LogP contribution in [0.15, 0.2) is 24.3 Å². The molecule has 0 atom stereocenters. The second-order valence-corrected chi connectivity index (χ2v) is 3.90. The van der Waals surface area contributed by atoms with E-state index in [1.807, 2.05) is 0 Å². The highest BCUT2D eigenvalue weighted by Crippen LogP contribution is 2.17. The van der Waals surface area contributed by atoms with Crippen LogP contribution in [0, 0.1) is 11.5 Å². The van der Waals surface area contributed by atoms with Gasteiger partial charge in [-0.25, -0.2) is 0 Å². The van der Waals surface area contributed by atoms with E-state index in [4.69, 9.17) is 10.00 Å². The Hall–Kier alpha value is -2.22. The van der Waals surface area contributed by atoms with Crippen LogP contribution in [0.5, 0.6) is 11.5 Å². The largest absolute Gasteiger partial charge is 0.494 e. The minimum absolute atomic E-state index is 0.172. The number of hydrogen-bond acceptors (Lipinski definition) is 5. The molecule has 0 saturated carbocycles. The van der Waals surface area contributed by atoms with E-state index in [1.54, 1.807) is 30.5 Å². The average Bonchev–Trinajstić information content (AvgIpc) is 2.44. The minimum atomic E-state index is -0.172. The third kappa shape index (κ3) is 6.32. The van der Waals surface area contributed by atoms with E-state index < -0.39 is 0 Å². The molecule has 1 rings (SSSR count). The first-order chi connectivity index (χ1) is 9.26. The van der Waals surface area contributed by atoms with Crippen molar-refractivity contribution in [1.29, 1.82) is 5.26 Å². The number of ether oxygens (including phenoxy) is 3. The van der Waals surface area contributed by atoms with Gasteiger partial charge in [0.25, 0.3) is 6.26 Å². The number of benzene rings is 1. The lowest BCUT2D eigenvalue weighted by atomic mass is 10.2. The predicted molar refractivity (Wildman–Crippen MR) is 68.7 cm³/mol. The second-order valence-electron chi connectivity index (χ2n) is 3.90. The summed E-state index contributed by atoms with van der Waals surface area (Å²) in [5.74, 6) is 1.06. The highest BCUT2D eigenvalue weighted by atomic mass is 16.5. The maximum atomic E-state index is 10.9. The number of nitriles is 1. The van der Waals surface area contributed by atoms with Gasteiger partial charge in [0.1, 0.15) is 11.5 Å². The zero-order valence-electron chi connectivity index (χ0n) is 10.9. The van der Waals surface area contributed by atoms with Crippen molar-refractivity contribution in [3.05, 3.63) is 24.3 Å². The Morgan fingerprint density at radius 1 is 1.16 bits per heavy atom. The zero-order chi connectivity index (χ0) is 13.9. The molecular formula is C14H17NO4. The highest BCUT2D eigenvalue weighted by Gasteiger charge is 2.00. The van der Waals surface area contributed by atoms with Crippen LogP contribution >= 0.6 is 0 Å². The lowest BCUT2D eigenvalue weighted by molar-refractivity contribution is -0.140. The number of hydrogen-bond donors (Lipinski definition) is 0. The molecule has 102 valence electrons. The summed E-state index contributed by atoms with van der Waals surface area (Å²) in [4.78, 5) is 10.9. The third-order valence-corrected chi connectivity index (χ3v) is 2.51. The molecule has 0 N–H and O–H groups in total. The molecule has 1 aromatic rings. The normalized spacial score (nSPS) is 9.47. The van der Waals surface area contributed by atoms with Gasteiger partial charge in [-0.3, -0.25) is 4.79 Å². The molecule has 0 aliphatic heterocycles. The number of carbonyl (C=O) groups is 1. The molecule has 1 aromatic carbocycles. The van der Waals surface area contributed by atoms with Crippen molar-refractivity contribution < 1.29 is 19.0 Å². The van der Waals surface area contributed by atoms with E-state index in [9.17, 15) is 4.79 Å². The van der Waals surface area contributed by atoms with E-state index in [2.05, 4.69) is 9.47 Å². The third-order valence-electron chi connectivity index (χ3n) is 2.51. The predicted octanol–water partition coefficient (Wildman–Crippen LogP) is 2.66. The molecule has 0 aliphatic carbocycles. The molecule has 0 spiro atoms. The summed E-state index contributed by atoms with van der Waals surface area (Å²) >= 11 is 0. The Labute approximate surface area is 112 Å². The Balaban J connectivity index is 2.12. The van der Waals surface area contributed by atoms with Gasteiger partial charge in [0.15, 0.2) is 0 Å². The molecule has 5 nitrogen and oxygen atoms in total. The standard InChI is InChI=1S/C14H17NO4/c1-17-14(16)5-3-2-4-10-18-12-6-8-13(9-7-12)19-11-15/h6-9H,2-5,10H2,1H3. The van der Waals surface area contributed by atoms with Crippen LogP contribution in [0.2, 0.25) is 0 Å². The Bertz CT molecular complexity index is 422. The van der Waals surface area contributed by atoms with Gasteiger partial charge < -0.3 is 14.2 Å². The second kappa shape index (κ2) is 8.81. The fourth-order valence-corrected chi connectivity index (χ4v) is 1.50. The average molecular weight is 263 g/mol. The van der Waals surface area contributed by atoms with Crippen LogP contribution in [0.1, 0.15) is 25.7 Å². The number of unbranched alkanes of at least 4 members (excludes halogenated alkanes) is 2. The molecule has 0 heterocycles. The molecule has 0 aliphatic rings.